The molecule has 1 aromatic rings. The first-order valence-corrected chi connectivity index (χ1v) is 8.01. The van der Waals surface area contributed by atoms with Crippen LogP contribution < -0.4 is 9.47 Å². The van der Waals surface area contributed by atoms with Gasteiger partial charge in [0.15, 0.2) is 11.5 Å². The highest BCUT2D eigenvalue weighted by Gasteiger charge is 2.46. The quantitative estimate of drug-likeness (QED) is 0.776. The van der Waals surface area contributed by atoms with E-state index in [9.17, 15) is 0 Å². The lowest BCUT2D eigenvalue weighted by atomic mass is 9.70. The first-order valence-electron chi connectivity index (χ1n) is 8.01. The van der Waals surface area contributed by atoms with Gasteiger partial charge in [0.05, 0.1) is 7.11 Å². The second kappa shape index (κ2) is 6.17. The van der Waals surface area contributed by atoms with Crippen molar-refractivity contribution < 1.29 is 9.47 Å². The number of hydrogen-bond acceptors (Lipinski definition) is 3. The summed E-state index contributed by atoms with van der Waals surface area (Å²) in [6.45, 7) is 5.36. The van der Waals surface area contributed by atoms with Gasteiger partial charge in [0.25, 0.3) is 0 Å². The van der Waals surface area contributed by atoms with E-state index < -0.39 is 0 Å². The lowest BCUT2D eigenvalue weighted by molar-refractivity contribution is 0.248. The van der Waals surface area contributed by atoms with E-state index in [0.717, 1.165) is 24.5 Å². The summed E-state index contributed by atoms with van der Waals surface area (Å²) in [4.78, 5) is 2.50. The van der Waals surface area contributed by atoms with Crippen LogP contribution in [0.4, 0.5) is 0 Å². The normalized spacial score (nSPS) is 27.5. The summed E-state index contributed by atoms with van der Waals surface area (Å²) >= 11 is 0. The average molecular weight is 299 g/mol. The molecule has 0 bridgehead atoms. The Morgan fingerprint density at radius 3 is 3.05 bits per heavy atom. The van der Waals surface area contributed by atoms with Crippen LogP contribution in [0.15, 0.2) is 43.0 Å². The summed E-state index contributed by atoms with van der Waals surface area (Å²) in [6.07, 6.45) is 10.1. The molecule has 1 aromatic carbocycles. The van der Waals surface area contributed by atoms with E-state index in [2.05, 4.69) is 42.8 Å². The molecule has 1 aliphatic heterocycles. The molecule has 3 heteroatoms. The van der Waals surface area contributed by atoms with Gasteiger partial charge in [0, 0.05) is 11.5 Å². The fourth-order valence-corrected chi connectivity index (χ4v) is 3.96. The van der Waals surface area contributed by atoms with Gasteiger partial charge >= 0.3 is 0 Å². The molecule has 1 saturated heterocycles. The Morgan fingerprint density at radius 2 is 2.27 bits per heavy atom. The standard InChI is InChI=1S/C19H25NO2/c1-4-13-22-17-14-15(8-9-16(17)21-3)19-10-6-5-7-18(19)20(2)12-11-19/h4,6,8-10,14,18H,1,5,7,11-13H2,2-3H3/t18?,19-/m0/s1. The Hall–Kier alpha value is -1.74. The molecule has 3 nitrogen and oxygen atoms in total. The topological polar surface area (TPSA) is 21.7 Å². The number of fused-ring (bicyclic) bond motifs is 1. The second-order valence-corrected chi connectivity index (χ2v) is 6.23. The average Bonchev–Trinajstić information content (AvgIpc) is 2.91. The molecule has 0 saturated carbocycles. The molecule has 1 heterocycles. The Balaban J connectivity index is 2.01. The fraction of sp³-hybridized carbons (Fsp3) is 0.474. The third kappa shape index (κ3) is 2.44. The molecular formula is C19H25NO2. The monoisotopic (exact) mass is 299 g/mol. The molecule has 118 valence electrons. The number of rotatable bonds is 5. The zero-order valence-corrected chi connectivity index (χ0v) is 13.5. The molecule has 0 N–H and O–H groups in total. The smallest absolute Gasteiger partial charge is 0.161 e. The minimum Gasteiger partial charge on any atom is -0.493 e. The van der Waals surface area contributed by atoms with E-state index in [1.54, 1.807) is 13.2 Å². The zero-order chi connectivity index (χ0) is 15.6. The molecule has 0 spiro atoms. The minimum absolute atomic E-state index is 0.117. The van der Waals surface area contributed by atoms with Crippen LogP contribution in [0, 0.1) is 0 Å². The molecule has 1 aliphatic carbocycles. The predicted molar refractivity (Wildman–Crippen MR) is 89.8 cm³/mol. The lowest BCUT2D eigenvalue weighted by Gasteiger charge is -2.38. The van der Waals surface area contributed by atoms with Crippen molar-refractivity contribution >= 4 is 0 Å². The van der Waals surface area contributed by atoms with E-state index >= 15 is 0 Å². The Morgan fingerprint density at radius 1 is 1.41 bits per heavy atom. The highest BCUT2D eigenvalue weighted by Crippen LogP contribution is 2.46. The number of methoxy groups -OCH3 is 1. The van der Waals surface area contributed by atoms with E-state index in [4.69, 9.17) is 9.47 Å². The molecule has 2 aliphatic rings. The van der Waals surface area contributed by atoms with Crippen LogP contribution in [0.25, 0.3) is 0 Å². The van der Waals surface area contributed by atoms with Crippen LogP contribution in [0.5, 0.6) is 11.5 Å². The molecule has 3 rings (SSSR count). The Kier molecular flexibility index (Phi) is 4.25. The minimum atomic E-state index is 0.117. The van der Waals surface area contributed by atoms with Gasteiger partial charge in [-0.1, -0.05) is 30.9 Å². The lowest BCUT2D eigenvalue weighted by Crippen LogP contribution is -2.41. The van der Waals surface area contributed by atoms with Gasteiger partial charge in [-0.15, -0.1) is 0 Å². The van der Waals surface area contributed by atoms with Gasteiger partial charge in [0.1, 0.15) is 6.61 Å². The highest BCUT2D eigenvalue weighted by molar-refractivity contribution is 5.48. The van der Waals surface area contributed by atoms with E-state index in [1.807, 2.05) is 6.07 Å². The molecule has 0 amide bonds. The van der Waals surface area contributed by atoms with E-state index in [-0.39, 0.29) is 5.41 Å². The van der Waals surface area contributed by atoms with Gasteiger partial charge in [-0.05, 0) is 50.6 Å². The number of benzene rings is 1. The van der Waals surface area contributed by atoms with E-state index in [0.29, 0.717) is 12.6 Å². The van der Waals surface area contributed by atoms with Crippen LogP contribution in [-0.4, -0.2) is 38.3 Å². The summed E-state index contributed by atoms with van der Waals surface area (Å²) in [6, 6.07) is 6.96. The number of nitrogens with zero attached hydrogens (tertiary/aromatic N) is 1. The van der Waals surface area contributed by atoms with Crippen LogP contribution in [0.3, 0.4) is 0 Å². The zero-order valence-electron chi connectivity index (χ0n) is 13.5. The van der Waals surface area contributed by atoms with Crippen LogP contribution in [0.2, 0.25) is 0 Å². The summed E-state index contributed by atoms with van der Waals surface area (Å²) < 4.78 is 11.2. The summed E-state index contributed by atoms with van der Waals surface area (Å²) in [5.74, 6) is 1.59. The first-order chi connectivity index (χ1) is 10.7. The number of allylic oxidation sites excluding steroid dienone is 1. The second-order valence-electron chi connectivity index (χ2n) is 6.23. The van der Waals surface area contributed by atoms with Crippen LogP contribution in [0.1, 0.15) is 24.8 Å². The fourth-order valence-electron chi connectivity index (χ4n) is 3.96. The van der Waals surface area contributed by atoms with Crippen molar-refractivity contribution in [1.29, 1.82) is 0 Å². The summed E-state index contributed by atoms with van der Waals surface area (Å²) in [5.41, 5.74) is 1.45. The van der Waals surface area contributed by atoms with Crippen molar-refractivity contribution in [3.63, 3.8) is 0 Å². The van der Waals surface area contributed by atoms with Crippen LogP contribution in [-0.2, 0) is 5.41 Å². The molecule has 0 aromatic heterocycles. The SMILES string of the molecule is C=CCOc1cc([C@@]23C=CCCC2N(C)CC3)ccc1OC. The maximum atomic E-state index is 5.80. The summed E-state index contributed by atoms with van der Waals surface area (Å²) in [7, 11) is 3.92. The van der Waals surface area contributed by atoms with Gasteiger partial charge in [-0.3, -0.25) is 0 Å². The van der Waals surface area contributed by atoms with Crippen molar-refractivity contribution in [2.45, 2.75) is 30.7 Å². The number of ether oxygens (including phenoxy) is 2. The molecule has 2 atom stereocenters. The van der Waals surface area contributed by atoms with Crippen molar-refractivity contribution in [3.05, 3.63) is 48.6 Å². The van der Waals surface area contributed by atoms with Crippen molar-refractivity contribution in [2.24, 2.45) is 0 Å². The number of likely N-dealkylation sites (N-methyl/N-ethyl adjacent to an activating group) is 1. The first kappa shape index (κ1) is 15.2. The predicted octanol–water partition coefficient (Wildman–Crippen LogP) is 3.55. The van der Waals surface area contributed by atoms with Crippen molar-refractivity contribution in [1.82, 2.24) is 4.90 Å². The van der Waals surface area contributed by atoms with Gasteiger partial charge in [0.2, 0.25) is 0 Å². The van der Waals surface area contributed by atoms with Gasteiger partial charge in [-0.25, -0.2) is 0 Å². The third-order valence-corrected chi connectivity index (χ3v) is 5.08. The maximum absolute atomic E-state index is 5.80. The molecule has 0 radical (unpaired) electrons. The largest absolute Gasteiger partial charge is 0.493 e. The summed E-state index contributed by atoms with van der Waals surface area (Å²) in [5, 5.41) is 0. The van der Waals surface area contributed by atoms with Crippen molar-refractivity contribution in [2.75, 3.05) is 27.3 Å². The van der Waals surface area contributed by atoms with E-state index in [1.165, 1.54) is 18.4 Å². The van der Waals surface area contributed by atoms with Gasteiger partial charge < -0.3 is 14.4 Å². The third-order valence-electron chi connectivity index (χ3n) is 5.08. The van der Waals surface area contributed by atoms with Gasteiger partial charge in [-0.2, -0.15) is 0 Å². The Labute approximate surface area is 133 Å². The van der Waals surface area contributed by atoms with Crippen molar-refractivity contribution in [3.8, 4) is 11.5 Å². The maximum Gasteiger partial charge on any atom is 0.161 e. The number of hydrogen-bond donors (Lipinski definition) is 0. The number of likely N-dealkylation sites (tertiary alicyclic amines) is 1. The Bertz CT molecular complexity index is 581. The molecule has 22 heavy (non-hydrogen) atoms. The molecular weight excluding hydrogens is 274 g/mol. The molecule has 1 fully saturated rings. The molecule has 1 unspecified atom stereocenters. The highest BCUT2D eigenvalue weighted by atomic mass is 16.5. The van der Waals surface area contributed by atoms with Crippen LogP contribution >= 0.6 is 0 Å².